The van der Waals surface area contributed by atoms with Crippen LogP contribution in [0.4, 0.5) is 0 Å². The van der Waals surface area contributed by atoms with Gasteiger partial charge in [0.05, 0.1) is 25.3 Å². The lowest BCUT2D eigenvalue weighted by Crippen LogP contribution is -2.55. The number of hydrogen-bond acceptors (Lipinski definition) is 5. The van der Waals surface area contributed by atoms with Crippen LogP contribution >= 0.6 is 0 Å². The molecule has 1 amide bonds. The second-order valence-electron chi connectivity index (χ2n) is 7.72. The average molecular weight is 355 g/mol. The number of carbonyl (C=O) groups is 2. The molecule has 2 aliphatic rings. The predicted molar refractivity (Wildman–Crippen MR) is 95.5 cm³/mol. The number of carboxylic acids is 1. The molecular weight excluding hydrogens is 322 g/mol. The second kappa shape index (κ2) is 9.50. The second-order valence-corrected chi connectivity index (χ2v) is 7.72. The Kier molecular flexibility index (Phi) is 7.65. The van der Waals surface area contributed by atoms with E-state index in [1.54, 1.807) is 11.9 Å². The third kappa shape index (κ3) is 6.56. The molecule has 0 aromatic carbocycles. The number of amides is 1. The number of morpholine rings is 1. The molecule has 0 radical (unpaired) electrons. The molecule has 1 aliphatic carbocycles. The molecule has 1 saturated heterocycles. The van der Waals surface area contributed by atoms with Crippen molar-refractivity contribution >= 4 is 11.9 Å². The fourth-order valence-electron chi connectivity index (χ4n) is 3.74. The van der Waals surface area contributed by atoms with Crippen LogP contribution in [0.25, 0.3) is 0 Å². The van der Waals surface area contributed by atoms with E-state index in [4.69, 9.17) is 9.84 Å². The van der Waals surface area contributed by atoms with E-state index in [1.807, 2.05) is 6.92 Å². The van der Waals surface area contributed by atoms with Crippen LogP contribution in [0.2, 0.25) is 0 Å². The normalized spacial score (nSPS) is 29.4. The number of nitrogens with zero attached hydrogens (tertiary/aromatic N) is 2. The fraction of sp³-hybridized carbons (Fsp3) is 0.889. The Morgan fingerprint density at radius 1 is 1.32 bits per heavy atom. The molecule has 25 heavy (non-hydrogen) atoms. The molecule has 2 rings (SSSR count). The molecule has 0 aromatic heterocycles. The molecule has 7 nitrogen and oxygen atoms in total. The summed E-state index contributed by atoms with van der Waals surface area (Å²) >= 11 is 0. The van der Waals surface area contributed by atoms with Gasteiger partial charge in [-0.1, -0.05) is 6.92 Å². The average Bonchev–Trinajstić information content (AvgIpc) is 2.55. The van der Waals surface area contributed by atoms with Gasteiger partial charge in [-0.05, 0) is 45.6 Å². The van der Waals surface area contributed by atoms with Gasteiger partial charge in [0.25, 0.3) is 0 Å². The molecular formula is C18H33N3O4. The highest BCUT2D eigenvalue weighted by molar-refractivity contribution is 5.81. The summed E-state index contributed by atoms with van der Waals surface area (Å²) < 4.78 is 5.74. The molecule has 144 valence electrons. The van der Waals surface area contributed by atoms with Gasteiger partial charge in [0.2, 0.25) is 5.91 Å². The SMILES string of the molecule is CC1CCC(NC(=O)C(C)N2CCOC(CN(C)CC(=O)O)C2)CC1. The van der Waals surface area contributed by atoms with Gasteiger partial charge in [0.1, 0.15) is 0 Å². The van der Waals surface area contributed by atoms with Crippen molar-refractivity contribution in [2.24, 2.45) is 5.92 Å². The third-order valence-electron chi connectivity index (χ3n) is 5.38. The van der Waals surface area contributed by atoms with Crippen molar-refractivity contribution in [1.82, 2.24) is 15.1 Å². The van der Waals surface area contributed by atoms with Gasteiger partial charge in [0.15, 0.2) is 0 Å². The Labute approximate surface area is 150 Å². The number of nitrogens with one attached hydrogen (secondary N) is 1. The number of carboxylic acid groups (broad SMARTS) is 1. The van der Waals surface area contributed by atoms with Gasteiger partial charge in [-0.15, -0.1) is 0 Å². The number of ether oxygens (including phenoxy) is 1. The van der Waals surface area contributed by atoms with Crippen LogP contribution in [-0.2, 0) is 14.3 Å². The number of carbonyl (C=O) groups excluding carboxylic acids is 1. The number of rotatable bonds is 7. The predicted octanol–water partition coefficient (Wildman–Crippen LogP) is 0.787. The Hall–Kier alpha value is -1.18. The standard InChI is InChI=1S/C18H33N3O4/c1-13-4-6-15(7-5-13)19-18(24)14(2)21-8-9-25-16(11-21)10-20(3)12-17(22)23/h13-16H,4-12H2,1-3H3,(H,19,24)(H,22,23). The largest absolute Gasteiger partial charge is 0.480 e. The molecule has 1 heterocycles. The third-order valence-corrected chi connectivity index (χ3v) is 5.38. The first-order chi connectivity index (χ1) is 11.8. The molecule has 2 fully saturated rings. The van der Waals surface area contributed by atoms with E-state index >= 15 is 0 Å². The molecule has 1 aliphatic heterocycles. The van der Waals surface area contributed by atoms with Crippen LogP contribution in [0.5, 0.6) is 0 Å². The maximum Gasteiger partial charge on any atom is 0.317 e. The summed E-state index contributed by atoms with van der Waals surface area (Å²) in [6.07, 6.45) is 4.46. The molecule has 2 unspecified atom stereocenters. The zero-order valence-corrected chi connectivity index (χ0v) is 15.7. The van der Waals surface area contributed by atoms with Crippen LogP contribution in [0, 0.1) is 5.92 Å². The first-order valence-electron chi connectivity index (χ1n) is 9.41. The van der Waals surface area contributed by atoms with E-state index in [-0.39, 0.29) is 24.6 Å². The Morgan fingerprint density at radius 2 is 2.00 bits per heavy atom. The maximum absolute atomic E-state index is 12.6. The summed E-state index contributed by atoms with van der Waals surface area (Å²) in [5.41, 5.74) is 0. The summed E-state index contributed by atoms with van der Waals surface area (Å²) in [6.45, 7) is 6.73. The maximum atomic E-state index is 12.6. The molecule has 0 aromatic rings. The van der Waals surface area contributed by atoms with E-state index in [0.717, 1.165) is 25.3 Å². The summed E-state index contributed by atoms with van der Waals surface area (Å²) in [6, 6.07) is 0.125. The van der Waals surface area contributed by atoms with E-state index in [0.29, 0.717) is 25.7 Å². The smallest absolute Gasteiger partial charge is 0.317 e. The van der Waals surface area contributed by atoms with Crippen LogP contribution in [0.15, 0.2) is 0 Å². The zero-order chi connectivity index (χ0) is 18.4. The topological polar surface area (TPSA) is 82.1 Å². The van der Waals surface area contributed by atoms with E-state index < -0.39 is 5.97 Å². The quantitative estimate of drug-likeness (QED) is 0.703. The lowest BCUT2D eigenvalue weighted by molar-refractivity contribution is -0.138. The summed E-state index contributed by atoms with van der Waals surface area (Å²) in [4.78, 5) is 27.2. The number of hydrogen-bond donors (Lipinski definition) is 2. The van der Waals surface area contributed by atoms with Crippen molar-refractivity contribution in [1.29, 1.82) is 0 Å². The van der Waals surface area contributed by atoms with E-state index in [2.05, 4.69) is 17.1 Å². The monoisotopic (exact) mass is 355 g/mol. The van der Waals surface area contributed by atoms with Crippen LogP contribution < -0.4 is 5.32 Å². The number of aliphatic carboxylic acids is 1. The minimum absolute atomic E-state index is 0.00397. The lowest BCUT2D eigenvalue weighted by atomic mass is 9.87. The van der Waals surface area contributed by atoms with E-state index in [9.17, 15) is 9.59 Å². The van der Waals surface area contributed by atoms with Crippen LogP contribution in [-0.4, -0.2) is 84.8 Å². The highest BCUT2D eigenvalue weighted by Crippen LogP contribution is 2.23. The molecule has 7 heteroatoms. The van der Waals surface area contributed by atoms with Gasteiger partial charge in [-0.3, -0.25) is 19.4 Å². The molecule has 2 atom stereocenters. The molecule has 2 N–H and O–H groups in total. The minimum atomic E-state index is -0.843. The zero-order valence-electron chi connectivity index (χ0n) is 15.7. The van der Waals surface area contributed by atoms with Crippen molar-refractivity contribution in [3.05, 3.63) is 0 Å². The molecule has 0 bridgehead atoms. The highest BCUT2D eigenvalue weighted by Gasteiger charge is 2.30. The van der Waals surface area contributed by atoms with Crippen LogP contribution in [0.3, 0.4) is 0 Å². The van der Waals surface area contributed by atoms with Gasteiger partial charge in [-0.25, -0.2) is 0 Å². The first-order valence-corrected chi connectivity index (χ1v) is 9.41. The van der Waals surface area contributed by atoms with Gasteiger partial charge >= 0.3 is 5.97 Å². The number of likely N-dealkylation sites (N-methyl/N-ethyl adjacent to an activating group) is 1. The van der Waals surface area contributed by atoms with Crippen molar-refractivity contribution in [3.8, 4) is 0 Å². The first kappa shape index (κ1) is 20.1. The highest BCUT2D eigenvalue weighted by atomic mass is 16.5. The van der Waals surface area contributed by atoms with Crippen molar-refractivity contribution in [2.45, 2.75) is 57.7 Å². The van der Waals surface area contributed by atoms with Crippen LogP contribution in [0.1, 0.15) is 39.5 Å². The van der Waals surface area contributed by atoms with E-state index in [1.165, 1.54) is 12.8 Å². The molecule has 1 saturated carbocycles. The van der Waals surface area contributed by atoms with Crippen molar-refractivity contribution in [3.63, 3.8) is 0 Å². The van der Waals surface area contributed by atoms with Gasteiger partial charge < -0.3 is 15.2 Å². The van der Waals surface area contributed by atoms with Gasteiger partial charge in [0, 0.05) is 25.7 Å². The minimum Gasteiger partial charge on any atom is -0.480 e. The van der Waals surface area contributed by atoms with Crippen molar-refractivity contribution < 1.29 is 19.4 Å². The fourth-order valence-corrected chi connectivity index (χ4v) is 3.74. The Balaban J connectivity index is 1.78. The molecule has 0 spiro atoms. The van der Waals surface area contributed by atoms with Gasteiger partial charge in [-0.2, -0.15) is 0 Å². The Morgan fingerprint density at radius 3 is 2.64 bits per heavy atom. The summed E-state index contributed by atoms with van der Waals surface area (Å²) in [7, 11) is 1.77. The Bertz CT molecular complexity index is 452. The summed E-state index contributed by atoms with van der Waals surface area (Å²) in [5.74, 6) is 0.0252. The lowest BCUT2D eigenvalue weighted by Gasteiger charge is -2.38. The van der Waals surface area contributed by atoms with Crippen molar-refractivity contribution in [2.75, 3.05) is 39.8 Å². The summed E-state index contributed by atoms with van der Waals surface area (Å²) in [5, 5.41) is 12.1.